The Hall–Kier alpha value is -3.17. The minimum absolute atomic E-state index is 0.0346. The first-order valence-corrected chi connectivity index (χ1v) is 9.48. The Balaban J connectivity index is 1.51. The number of nitrogens with one attached hydrogen (secondary N) is 1. The second-order valence-electron chi connectivity index (χ2n) is 7.54. The number of aryl methyl sites for hydroxylation is 1. The average molecular weight is 374 g/mol. The fourth-order valence-electron chi connectivity index (χ4n) is 3.98. The van der Waals surface area contributed by atoms with Crippen LogP contribution in [-0.4, -0.2) is 27.5 Å². The third kappa shape index (κ3) is 3.49. The lowest BCUT2D eigenvalue weighted by Crippen LogP contribution is -2.27. The van der Waals surface area contributed by atoms with Crippen molar-refractivity contribution in [1.82, 2.24) is 14.5 Å². The number of hydrogen-bond acceptors (Lipinski definition) is 4. The van der Waals surface area contributed by atoms with Crippen LogP contribution < -0.4 is 11.1 Å². The van der Waals surface area contributed by atoms with Crippen molar-refractivity contribution in [3.05, 3.63) is 80.0 Å². The van der Waals surface area contributed by atoms with Crippen LogP contribution in [0.5, 0.6) is 0 Å². The van der Waals surface area contributed by atoms with Gasteiger partial charge in [0.1, 0.15) is 11.6 Å². The van der Waals surface area contributed by atoms with E-state index in [1.54, 1.807) is 16.8 Å². The van der Waals surface area contributed by atoms with Crippen molar-refractivity contribution in [3.63, 3.8) is 0 Å². The SMILES string of the molecule is Cc1ccccc1CN1CC[C@H](Cn2ccc3[nH]c(=O)c(C#N)cc3c2=O)C1. The summed E-state index contributed by atoms with van der Waals surface area (Å²) in [6.45, 7) is 5.68. The number of hydrogen-bond donors (Lipinski definition) is 1. The number of H-pyrrole nitrogens is 1. The molecule has 6 heteroatoms. The van der Waals surface area contributed by atoms with Crippen LogP contribution in [-0.2, 0) is 13.1 Å². The first-order valence-electron chi connectivity index (χ1n) is 9.48. The topological polar surface area (TPSA) is 81.9 Å². The van der Waals surface area contributed by atoms with Gasteiger partial charge < -0.3 is 9.55 Å². The largest absolute Gasteiger partial charge is 0.321 e. The molecule has 2 aromatic heterocycles. The third-order valence-electron chi connectivity index (χ3n) is 5.58. The van der Waals surface area contributed by atoms with Crippen LogP contribution in [0.4, 0.5) is 0 Å². The highest BCUT2D eigenvalue weighted by atomic mass is 16.1. The van der Waals surface area contributed by atoms with Crippen molar-refractivity contribution in [2.45, 2.75) is 26.4 Å². The number of aromatic nitrogens is 2. The molecule has 0 saturated carbocycles. The van der Waals surface area contributed by atoms with Crippen molar-refractivity contribution in [2.75, 3.05) is 13.1 Å². The standard InChI is InChI=1S/C22H22N4O2/c1-15-4-2-3-5-17(15)14-25-8-6-16(12-25)13-26-9-7-20-19(22(26)28)10-18(11-23)21(27)24-20/h2-5,7,9-10,16H,6,8,12-14H2,1H3,(H,24,27)/t16-/m0/s1. The van der Waals surface area contributed by atoms with Crippen LogP contribution in [0.25, 0.3) is 10.9 Å². The van der Waals surface area contributed by atoms with Gasteiger partial charge >= 0.3 is 0 Å². The van der Waals surface area contributed by atoms with Crippen molar-refractivity contribution in [1.29, 1.82) is 5.26 Å². The van der Waals surface area contributed by atoms with Gasteiger partial charge in [0.15, 0.2) is 0 Å². The Labute approximate surface area is 162 Å². The fraction of sp³-hybridized carbons (Fsp3) is 0.318. The molecular formula is C22H22N4O2. The first kappa shape index (κ1) is 18.2. The van der Waals surface area contributed by atoms with Gasteiger partial charge in [-0.1, -0.05) is 24.3 Å². The van der Waals surface area contributed by atoms with E-state index in [4.69, 9.17) is 5.26 Å². The van der Waals surface area contributed by atoms with Crippen molar-refractivity contribution in [2.24, 2.45) is 5.92 Å². The molecule has 0 spiro atoms. The summed E-state index contributed by atoms with van der Waals surface area (Å²) in [7, 11) is 0. The van der Waals surface area contributed by atoms with E-state index in [0.717, 1.165) is 26.1 Å². The molecule has 1 fully saturated rings. The smallest absolute Gasteiger partial charge is 0.266 e. The molecule has 3 aromatic rings. The van der Waals surface area contributed by atoms with E-state index in [9.17, 15) is 9.59 Å². The second-order valence-corrected chi connectivity index (χ2v) is 7.54. The van der Waals surface area contributed by atoms with Gasteiger partial charge in [0.05, 0.1) is 10.9 Å². The van der Waals surface area contributed by atoms with Crippen molar-refractivity contribution >= 4 is 10.9 Å². The highest BCUT2D eigenvalue weighted by Gasteiger charge is 2.23. The van der Waals surface area contributed by atoms with Gasteiger partial charge in [0, 0.05) is 25.8 Å². The normalized spacial score (nSPS) is 17.1. The summed E-state index contributed by atoms with van der Waals surface area (Å²) in [6.07, 6.45) is 2.78. The Morgan fingerprint density at radius 3 is 2.86 bits per heavy atom. The zero-order valence-corrected chi connectivity index (χ0v) is 15.8. The minimum Gasteiger partial charge on any atom is -0.321 e. The lowest BCUT2D eigenvalue weighted by Gasteiger charge is -2.18. The summed E-state index contributed by atoms with van der Waals surface area (Å²) in [6, 6.07) is 13.4. The van der Waals surface area contributed by atoms with E-state index in [1.807, 2.05) is 6.07 Å². The van der Waals surface area contributed by atoms with E-state index in [0.29, 0.717) is 23.4 Å². The minimum atomic E-state index is -0.463. The number of fused-ring (bicyclic) bond motifs is 1. The molecule has 3 heterocycles. The van der Waals surface area contributed by atoms with Gasteiger partial charge in [-0.25, -0.2) is 0 Å². The van der Waals surface area contributed by atoms with Gasteiger partial charge in [-0.3, -0.25) is 14.5 Å². The molecule has 1 aliphatic rings. The summed E-state index contributed by atoms with van der Waals surface area (Å²) in [5, 5.41) is 9.44. The Morgan fingerprint density at radius 1 is 1.25 bits per heavy atom. The van der Waals surface area contributed by atoms with E-state index in [2.05, 4.69) is 41.1 Å². The zero-order chi connectivity index (χ0) is 19.7. The lowest BCUT2D eigenvalue weighted by molar-refractivity contribution is 0.308. The van der Waals surface area contributed by atoms with Crippen LogP contribution in [0.2, 0.25) is 0 Å². The van der Waals surface area contributed by atoms with Gasteiger partial charge in [-0.2, -0.15) is 5.26 Å². The fourth-order valence-corrected chi connectivity index (χ4v) is 3.98. The quantitative estimate of drug-likeness (QED) is 0.760. The maximum absolute atomic E-state index is 12.8. The first-order chi connectivity index (χ1) is 13.5. The molecule has 1 atom stereocenters. The molecule has 1 aliphatic heterocycles. The Bertz CT molecular complexity index is 1190. The molecule has 0 radical (unpaired) electrons. The highest BCUT2D eigenvalue weighted by molar-refractivity contribution is 5.78. The van der Waals surface area contributed by atoms with Crippen molar-refractivity contribution in [3.8, 4) is 6.07 Å². The van der Waals surface area contributed by atoms with Gasteiger partial charge in [-0.05, 0) is 49.1 Å². The van der Waals surface area contributed by atoms with Crippen LogP contribution in [0.3, 0.4) is 0 Å². The molecule has 28 heavy (non-hydrogen) atoms. The molecule has 1 N–H and O–H groups in total. The number of nitriles is 1. The van der Waals surface area contributed by atoms with Gasteiger partial charge in [-0.15, -0.1) is 0 Å². The maximum atomic E-state index is 12.8. The zero-order valence-electron chi connectivity index (χ0n) is 15.8. The van der Waals surface area contributed by atoms with Gasteiger partial charge in [0.2, 0.25) is 0 Å². The predicted octanol–water partition coefficient (Wildman–Crippen LogP) is 2.39. The summed E-state index contributed by atoms with van der Waals surface area (Å²) in [4.78, 5) is 29.6. The molecule has 142 valence electrons. The second kappa shape index (κ2) is 7.45. The number of likely N-dealkylation sites (tertiary alicyclic amines) is 1. The lowest BCUT2D eigenvalue weighted by atomic mass is 10.1. The maximum Gasteiger partial charge on any atom is 0.266 e. The molecule has 0 amide bonds. The molecule has 4 rings (SSSR count). The molecular weight excluding hydrogens is 352 g/mol. The van der Waals surface area contributed by atoms with Crippen molar-refractivity contribution < 1.29 is 0 Å². The summed E-state index contributed by atoms with van der Waals surface area (Å²) < 4.78 is 1.70. The van der Waals surface area contributed by atoms with Crippen LogP contribution in [0, 0.1) is 24.2 Å². The summed E-state index contributed by atoms with van der Waals surface area (Å²) >= 11 is 0. The highest BCUT2D eigenvalue weighted by Crippen LogP contribution is 2.21. The average Bonchev–Trinajstić information content (AvgIpc) is 3.12. The van der Waals surface area contributed by atoms with Gasteiger partial charge in [0.25, 0.3) is 11.1 Å². The number of aromatic amines is 1. The summed E-state index contributed by atoms with van der Waals surface area (Å²) in [5.74, 6) is 0.400. The van der Waals surface area contributed by atoms with E-state index in [1.165, 1.54) is 17.2 Å². The monoisotopic (exact) mass is 374 g/mol. The molecule has 0 bridgehead atoms. The van der Waals surface area contributed by atoms with E-state index >= 15 is 0 Å². The number of benzene rings is 1. The van der Waals surface area contributed by atoms with E-state index in [-0.39, 0.29) is 11.1 Å². The van der Waals surface area contributed by atoms with Crippen LogP contribution >= 0.6 is 0 Å². The molecule has 0 unspecified atom stereocenters. The number of pyridine rings is 2. The number of rotatable bonds is 4. The van der Waals surface area contributed by atoms with Crippen LogP contribution in [0.1, 0.15) is 23.1 Å². The number of nitrogens with zero attached hydrogens (tertiary/aromatic N) is 3. The Morgan fingerprint density at radius 2 is 2.07 bits per heavy atom. The van der Waals surface area contributed by atoms with Crippen LogP contribution in [0.15, 0.2) is 52.2 Å². The molecule has 0 aliphatic carbocycles. The molecule has 6 nitrogen and oxygen atoms in total. The molecule has 1 aromatic carbocycles. The predicted molar refractivity (Wildman–Crippen MR) is 108 cm³/mol. The Kier molecular flexibility index (Phi) is 4.84. The van der Waals surface area contributed by atoms with E-state index < -0.39 is 5.56 Å². The summed E-state index contributed by atoms with van der Waals surface area (Å²) in [5.41, 5.74) is 2.46. The third-order valence-corrected chi connectivity index (χ3v) is 5.58. The molecule has 1 saturated heterocycles.